The Labute approximate surface area is 135 Å². The van der Waals surface area contributed by atoms with Gasteiger partial charge in [0, 0.05) is 6.54 Å². The second-order valence-electron chi connectivity index (χ2n) is 5.55. The van der Waals surface area contributed by atoms with Gasteiger partial charge in [0.05, 0.1) is 18.6 Å². The van der Waals surface area contributed by atoms with E-state index in [9.17, 15) is 12.8 Å². The summed E-state index contributed by atoms with van der Waals surface area (Å²) in [6, 6.07) is 11.0. The number of hydrogen-bond donors (Lipinski definition) is 0. The third kappa shape index (κ3) is 3.32. The number of nitrogens with zero attached hydrogens (tertiary/aromatic N) is 1. The molecule has 0 unspecified atom stereocenters. The number of aryl methyl sites for hydroxylation is 1. The Kier molecular flexibility index (Phi) is 4.26. The quantitative estimate of drug-likeness (QED) is 0.862. The van der Waals surface area contributed by atoms with Gasteiger partial charge in [-0.1, -0.05) is 12.1 Å². The van der Waals surface area contributed by atoms with Gasteiger partial charge in [-0.25, -0.2) is 12.8 Å². The van der Waals surface area contributed by atoms with E-state index in [0.29, 0.717) is 17.8 Å². The molecule has 1 aliphatic rings. The van der Waals surface area contributed by atoms with E-state index in [1.807, 2.05) is 6.07 Å². The average Bonchev–Trinajstić information content (AvgIpc) is 2.55. The first-order chi connectivity index (χ1) is 11.0. The van der Waals surface area contributed by atoms with Crippen LogP contribution in [-0.2, 0) is 22.2 Å². The molecule has 3 rings (SSSR count). The van der Waals surface area contributed by atoms with Gasteiger partial charge in [-0.3, -0.25) is 4.31 Å². The van der Waals surface area contributed by atoms with Crippen LogP contribution in [0, 0.1) is 5.82 Å². The van der Waals surface area contributed by atoms with Crippen LogP contribution in [0.4, 0.5) is 10.1 Å². The van der Waals surface area contributed by atoms with Crippen molar-refractivity contribution in [3.8, 4) is 5.75 Å². The van der Waals surface area contributed by atoms with Crippen LogP contribution in [0.3, 0.4) is 0 Å². The lowest BCUT2D eigenvalue weighted by atomic mass is 10.0. The van der Waals surface area contributed by atoms with Gasteiger partial charge in [-0.2, -0.15) is 0 Å². The predicted molar refractivity (Wildman–Crippen MR) is 87.7 cm³/mol. The maximum absolute atomic E-state index is 13.0. The molecule has 2 aromatic carbocycles. The Balaban J connectivity index is 1.91. The van der Waals surface area contributed by atoms with Crippen molar-refractivity contribution in [2.75, 3.05) is 18.0 Å². The van der Waals surface area contributed by atoms with E-state index in [0.717, 1.165) is 24.2 Å². The summed E-state index contributed by atoms with van der Waals surface area (Å²) >= 11 is 0. The molecule has 2 aromatic rings. The molecule has 0 saturated carbocycles. The lowest BCUT2D eigenvalue weighted by molar-refractivity contribution is 0.414. The maximum atomic E-state index is 13.0. The highest BCUT2D eigenvalue weighted by atomic mass is 32.2. The number of rotatable bonds is 4. The molecular weight excluding hydrogens is 317 g/mol. The molecule has 0 aliphatic carbocycles. The van der Waals surface area contributed by atoms with Crippen molar-refractivity contribution in [3.63, 3.8) is 0 Å². The third-order valence-corrected chi connectivity index (χ3v) is 5.71. The molecule has 0 amide bonds. The smallest absolute Gasteiger partial charge is 0.239 e. The van der Waals surface area contributed by atoms with Gasteiger partial charge in [0.15, 0.2) is 0 Å². The molecule has 0 N–H and O–H groups in total. The molecule has 6 heteroatoms. The van der Waals surface area contributed by atoms with Crippen LogP contribution in [0.5, 0.6) is 5.75 Å². The van der Waals surface area contributed by atoms with Crippen LogP contribution in [0.25, 0.3) is 0 Å². The zero-order chi connectivity index (χ0) is 16.4. The van der Waals surface area contributed by atoms with E-state index in [1.165, 1.54) is 28.6 Å². The van der Waals surface area contributed by atoms with Crippen LogP contribution in [0.15, 0.2) is 42.5 Å². The summed E-state index contributed by atoms with van der Waals surface area (Å²) in [4.78, 5) is 0. The van der Waals surface area contributed by atoms with Crippen molar-refractivity contribution in [3.05, 3.63) is 59.4 Å². The van der Waals surface area contributed by atoms with Gasteiger partial charge in [0.2, 0.25) is 10.0 Å². The minimum Gasteiger partial charge on any atom is -0.497 e. The van der Waals surface area contributed by atoms with E-state index in [1.54, 1.807) is 19.2 Å². The summed E-state index contributed by atoms with van der Waals surface area (Å²) in [5.41, 5.74) is 2.25. The second-order valence-corrected chi connectivity index (χ2v) is 7.45. The SMILES string of the molecule is COc1ccc2c(c1)CCCN2S(=O)(=O)Cc1ccc(F)cc1. The van der Waals surface area contributed by atoms with Gasteiger partial charge in [-0.05, 0) is 54.3 Å². The Morgan fingerprint density at radius 3 is 2.61 bits per heavy atom. The summed E-state index contributed by atoms with van der Waals surface area (Å²) in [5, 5.41) is 0. The second kappa shape index (κ2) is 6.20. The summed E-state index contributed by atoms with van der Waals surface area (Å²) in [6.07, 6.45) is 1.60. The van der Waals surface area contributed by atoms with E-state index in [2.05, 4.69) is 0 Å². The highest BCUT2D eigenvalue weighted by molar-refractivity contribution is 7.92. The number of halogens is 1. The molecule has 0 fully saturated rings. The molecule has 1 heterocycles. The molecule has 0 spiro atoms. The summed E-state index contributed by atoms with van der Waals surface area (Å²) < 4.78 is 45.1. The number of benzene rings is 2. The Bertz CT molecular complexity index is 803. The molecule has 0 aromatic heterocycles. The Morgan fingerprint density at radius 1 is 1.17 bits per heavy atom. The molecular formula is C17H18FNO3S. The molecule has 122 valence electrons. The molecule has 4 nitrogen and oxygen atoms in total. The number of sulfonamides is 1. The average molecular weight is 335 g/mol. The number of anilines is 1. The summed E-state index contributed by atoms with van der Waals surface area (Å²) in [5.74, 6) is 0.210. The van der Waals surface area contributed by atoms with Gasteiger partial charge < -0.3 is 4.74 Å². The van der Waals surface area contributed by atoms with E-state index in [-0.39, 0.29) is 11.6 Å². The Hall–Kier alpha value is -2.08. The topological polar surface area (TPSA) is 46.6 Å². The van der Waals surface area contributed by atoms with E-state index in [4.69, 9.17) is 4.74 Å². The van der Waals surface area contributed by atoms with Crippen LogP contribution in [0.1, 0.15) is 17.5 Å². The van der Waals surface area contributed by atoms with Crippen LogP contribution >= 0.6 is 0 Å². The van der Waals surface area contributed by atoms with Crippen LogP contribution < -0.4 is 9.04 Å². The maximum Gasteiger partial charge on any atom is 0.239 e. The normalized spacial score (nSPS) is 14.4. The Morgan fingerprint density at radius 2 is 1.91 bits per heavy atom. The first-order valence-electron chi connectivity index (χ1n) is 7.41. The molecule has 23 heavy (non-hydrogen) atoms. The first kappa shape index (κ1) is 15.8. The number of ether oxygens (including phenoxy) is 1. The molecule has 0 bridgehead atoms. The fourth-order valence-corrected chi connectivity index (χ4v) is 4.48. The zero-order valence-corrected chi connectivity index (χ0v) is 13.6. The van der Waals surface area contributed by atoms with Crippen molar-refractivity contribution >= 4 is 15.7 Å². The summed E-state index contributed by atoms with van der Waals surface area (Å²) in [7, 11) is -1.92. The summed E-state index contributed by atoms with van der Waals surface area (Å²) in [6.45, 7) is 0.461. The standard InChI is InChI=1S/C17H18FNO3S/c1-22-16-8-9-17-14(11-16)3-2-10-19(17)23(20,21)12-13-4-6-15(18)7-5-13/h4-9,11H,2-3,10,12H2,1H3. The minimum atomic E-state index is -3.51. The largest absolute Gasteiger partial charge is 0.497 e. The minimum absolute atomic E-state index is 0.140. The monoisotopic (exact) mass is 335 g/mol. The van der Waals surface area contributed by atoms with Gasteiger partial charge in [0.25, 0.3) is 0 Å². The number of hydrogen-bond acceptors (Lipinski definition) is 3. The first-order valence-corrected chi connectivity index (χ1v) is 9.02. The van der Waals surface area contributed by atoms with E-state index < -0.39 is 10.0 Å². The predicted octanol–water partition coefficient (Wildman–Crippen LogP) is 3.12. The molecule has 0 radical (unpaired) electrons. The fourth-order valence-electron chi connectivity index (χ4n) is 2.82. The molecule has 0 atom stereocenters. The van der Waals surface area contributed by atoms with Crippen LogP contribution in [0.2, 0.25) is 0 Å². The van der Waals surface area contributed by atoms with Gasteiger partial charge in [-0.15, -0.1) is 0 Å². The van der Waals surface area contributed by atoms with Crippen molar-refractivity contribution in [1.82, 2.24) is 0 Å². The molecule has 1 aliphatic heterocycles. The van der Waals surface area contributed by atoms with Crippen molar-refractivity contribution < 1.29 is 17.5 Å². The van der Waals surface area contributed by atoms with Gasteiger partial charge >= 0.3 is 0 Å². The third-order valence-electron chi connectivity index (χ3n) is 3.96. The fraction of sp³-hybridized carbons (Fsp3) is 0.294. The highest BCUT2D eigenvalue weighted by Gasteiger charge is 2.27. The van der Waals surface area contributed by atoms with E-state index >= 15 is 0 Å². The highest BCUT2D eigenvalue weighted by Crippen LogP contribution is 2.33. The zero-order valence-electron chi connectivity index (χ0n) is 12.8. The van der Waals surface area contributed by atoms with Gasteiger partial charge in [0.1, 0.15) is 11.6 Å². The number of fused-ring (bicyclic) bond motifs is 1. The van der Waals surface area contributed by atoms with Crippen molar-refractivity contribution in [2.45, 2.75) is 18.6 Å². The lowest BCUT2D eigenvalue weighted by Crippen LogP contribution is -2.36. The van der Waals surface area contributed by atoms with Crippen LogP contribution in [-0.4, -0.2) is 22.1 Å². The molecule has 0 saturated heterocycles. The number of methoxy groups -OCH3 is 1. The van der Waals surface area contributed by atoms with Crippen molar-refractivity contribution in [1.29, 1.82) is 0 Å². The van der Waals surface area contributed by atoms with Crippen molar-refractivity contribution in [2.24, 2.45) is 0 Å². The lowest BCUT2D eigenvalue weighted by Gasteiger charge is -2.30.